The predicted molar refractivity (Wildman–Crippen MR) is 78.1 cm³/mol. The maximum Gasteiger partial charge on any atom is 0.121 e. The molecule has 2 unspecified atom stereocenters. The molecule has 0 amide bonds. The molecule has 3 N–H and O–H groups in total. The Morgan fingerprint density at radius 3 is 2.74 bits per heavy atom. The number of hydrogen-bond donors (Lipinski definition) is 3. The second kappa shape index (κ2) is 4.81. The van der Waals surface area contributed by atoms with Crippen molar-refractivity contribution in [2.24, 2.45) is 0 Å². The molecule has 2 aliphatic rings. The molecule has 0 bridgehead atoms. The van der Waals surface area contributed by atoms with Crippen molar-refractivity contribution in [3.63, 3.8) is 0 Å². The molecule has 0 radical (unpaired) electrons. The molecule has 1 saturated carbocycles. The zero-order chi connectivity index (χ0) is 13.6. The van der Waals surface area contributed by atoms with E-state index in [4.69, 9.17) is 23.2 Å². The molecule has 1 aliphatic heterocycles. The molecule has 1 spiro atoms. The summed E-state index contributed by atoms with van der Waals surface area (Å²) in [5.74, 6) is 0.199. The van der Waals surface area contributed by atoms with Gasteiger partial charge in [-0.05, 0) is 38.8 Å². The van der Waals surface area contributed by atoms with Gasteiger partial charge in [-0.15, -0.1) is 0 Å². The molecular formula is C14H18Cl2N2O. The van der Waals surface area contributed by atoms with Crippen molar-refractivity contribution in [3.8, 4) is 5.75 Å². The Labute approximate surface area is 123 Å². The van der Waals surface area contributed by atoms with Crippen LogP contribution in [0, 0.1) is 0 Å². The summed E-state index contributed by atoms with van der Waals surface area (Å²) in [6.45, 7) is 3.12. The highest BCUT2D eigenvalue weighted by Crippen LogP contribution is 2.44. The lowest BCUT2D eigenvalue weighted by Crippen LogP contribution is -2.43. The first kappa shape index (κ1) is 13.5. The van der Waals surface area contributed by atoms with Gasteiger partial charge in [0.2, 0.25) is 0 Å². The fourth-order valence-electron chi connectivity index (χ4n) is 3.06. The molecule has 3 rings (SSSR count). The Balaban J connectivity index is 1.77. The lowest BCUT2D eigenvalue weighted by molar-refractivity contribution is 0.385. The standard InChI is InChI=1S/C14H18Cl2N2O/c1-8(9-6-10(15)11(16)7-12(9)19)18-13-2-5-17-14(13)3-4-14/h6-8,13,17-19H,2-5H2,1H3. The zero-order valence-corrected chi connectivity index (χ0v) is 12.4. The highest BCUT2D eigenvalue weighted by atomic mass is 35.5. The highest BCUT2D eigenvalue weighted by Gasteiger charge is 2.52. The van der Waals surface area contributed by atoms with Crippen molar-refractivity contribution < 1.29 is 5.11 Å². The molecule has 1 saturated heterocycles. The van der Waals surface area contributed by atoms with Crippen LogP contribution in [0.1, 0.15) is 37.8 Å². The lowest BCUT2D eigenvalue weighted by atomic mass is 10.0. The first-order valence-electron chi connectivity index (χ1n) is 6.71. The molecule has 0 aromatic heterocycles. The average molecular weight is 301 g/mol. The first-order chi connectivity index (χ1) is 9.02. The number of hydrogen-bond acceptors (Lipinski definition) is 3. The van der Waals surface area contributed by atoms with E-state index in [2.05, 4.69) is 10.6 Å². The number of rotatable bonds is 3. The van der Waals surface area contributed by atoms with E-state index in [0.717, 1.165) is 18.5 Å². The SMILES string of the molecule is CC(NC1CCNC12CC2)c1cc(Cl)c(Cl)cc1O. The zero-order valence-electron chi connectivity index (χ0n) is 10.8. The van der Waals surface area contributed by atoms with Crippen LogP contribution in [-0.4, -0.2) is 23.2 Å². The van der Waals surface area contributed by atoms with Crippen molar-refractivity contribution in [1.29, 1.82) is 0 Å². The molecule has 1 aliphatic carbocycles. The van der Waals surface area contributed by atoms with E-state index in [-0.39, 0.29) is 11.8 Å². The maximum atomic E-state index is 10.0. The van der Waals surface area contributed by atoms with Crippen molar-refractivity contribution in [3.05, 3.63) is 27.7 Å². The first-order valence-corrected chi connectivity index (χ1v) is 7.46. The number of benzene rings is 1. The molecular weight excluding hydrogens is 283 g/mol. The third-order valence-electron chi connectivity index (χ3n) is 4.35. The Kier molecular flexibility index (Phi) is 3.42. The maximum absolute atomic E-state index is 10.0. The topological polar surface area (TPSA) is 44.3 Å². The molecule has 1 heterocycles. The van der Waals surface area contributed by atoms with Gasteiger partial charge < -0.3 is 15.7 Å². The predicted octanol–water partition coefficient (Wildman–Crippen LogP) is 3.24. The Morgan fingerprint density at radius 2 is 2.05 bits per heavy atom. The van der Waals surface area contributed by atoms with Gasteiger partial charge >= 0.3 is 0 Å². The van der Waals surface area contributed by atoms with Crippen LogP contribution in [0.5, 0.6) is 5.75 Å². The summed E-state index contributed by atoms with van der Waals surface area (Å²) in [5, 5.41) is 18.1. The van der Waals surface area contributed by atoms with E-state index in [1.54, 1.807) is 6.07 Å². The summed E-state index contributed by atoms with van der Waals surface area (Å²) in [6.07, 6.45) is 3.61. The molecule has 2 fully saturated rings. The van der Waals surface area contributed by atoms with Gasteiger partial charge in [0.25, 0.3) is 0 Å². The Hall–Kier alpha value is -0.480. The van der Waals surface area contributed by atoms with Gasteiger partial charge in [0.05, 0.1) is 10.0 Å². The van der Waals surface area contributed by atoms with Crippen LogP contribution < -0.4 is 10.6 Å². The van der Waals surface area contributed by atoms with Gasteiger partial charge in [-0.2, -0.15) is 0 Å². The summed E-state index contributed by atoms with van der Waals surface area (Å²) in [7, 11) is 0. The Bertz CT molecular complexity index is 502. The van der Waals surface area contributed by atoms with E-state index in [9.17, 15) is 5.11 Å². The molecule has 3 nitrogen and oxygen atoms in total. The fourth-order valence-corrected chi connectivity index (χ4v) is 3.39. The summed E-state index contributed by atoms with van der Waals surface area (Å²) in [6, 6.07) is 3.78. The van der Waals surface area contributed by atoms with Gasteiger partial charge in [-0.1, -0.05) is 23.2 Å². The van der Waals surface area contributed by atoms with Crippen LogP contribution in [0.4, 0.5) is 0 Å². The minimum Gasteiger partial charge on any atom is -0.508 e. The minimum atomic E-state index is 0.0529. The quantitative estimate of drug-likeness (QED) is 0.803. The van der Waals surface area contributed by atoms with Crippen molar-refractivity contribution >= 4 is 23.2 Å². The van der Waals surface area contributed by atoms with Crippen molar-refractivity contribution in [2.75, 3.05) is 6.54 Å². The minimum absolute atomic E-state index is 0.0529. The van der Waals surface area contributed by atoms with E-state index in [1.807, 2.05) is 6.92 Å². The summed E-state index contributed by atoms with van der Waals surface area (Å²) >= 11 is 11.9. The van der Waals surface area contributed by atoms with E-state index in [1.165, 1.54) is 18.9 Å². The van der Waals surface area contributed by atoms with E-state index >= 15 is 0 Å². The van der Waals surface area contributed by atoms with Crippen LogP contribution in [-0.2, 0) is 0 Å². The second-order valence-corrected chi connectivity index (χ2v) is 6.45. The van der Waals surface area contributed by atoms with Crippen LogP contribution in [0.2, 0.25) is 10.0 Å². The van der Waals surface area contributed by atoms with Crippen LogP contribution >= 0.6 is 23.2 Å². The van der Waals surface area contributed by atoms with E-state index in [0.29, 0.717) is 21.6 Å². The number of aromatic hydroxyl groups is 1. The molecule has 104 valence electrons. The number of halogens is 2. The summed E-state index contributed by atoms with van der Waals surface area (Å²) in [4.78, 5) is 0. The molecule has 2 atom stereocenters. The van der Waals surface area contributed by atoms with E-state index < -0.39 is 0 Å². The average Bonchev–Trinajstić information content (AvgIpc) is 3.02. The third kappa shape index (κ3) is 2.45. The van der Waals surface area contributed by atoms with Crippen LogP contribution in [0.15, 0.2) is 12.1 Å². The number of nitrogens with one attached hydrogen (secondary N) is 2. The van der Waals surface area contributed by atoms with Gasteiger partial charge in [0.1, 0.15) is 5.75 Å². The monoisotopic (exact) mass is 300 g/mol. The molecule has 5 heteroatoms. The number of phenols is 1. The van der Waals surface area contributed by atoms with Crippen molar-refractivity contribution in [2.45, 2.75) is 43.8 Å². The number of phenolic OH excluding ortho intramolecular Hbond substituents is 1. The normalized spacial score (nSPS) is 25.7. The van der Waals surface area contributed by atoms with Gasteiger partial charge in [0, 0.05) is 29.3 Å². The molecule has 19 heavy (non-hydrogen) atoms. The van der Waals surface area contributed by atoms with Crippen molar-refractivity contribution in [1.82, 2.24) is 10.6 Å². The second-order valence-electron chi connectivity index (χ2n) is 5.64. The van der Waals surface area contributed by atoms with Gasteiger partial charge in [-0.25, -0.2) is 0 Å². The van der Waals surface area contributed by atoms with Gasteiger partial charge in [-0.3, -0.25) is 0 Å². The summed E-state index contributed by atoms with van der Waals surface area (Å²) < 4.78 is 0. The van der Waals surface area contributed by atoms with Crippen LogP contribution in [0.25, 0.3) is 0 Å². The van der Waals surface area contributed by atoms with Crippen LogP contribution in [0.3, 0.4) is 0 Å². The van der Waals surface area contributed by atoms with Gasteiger partial charge in [0.15, 0.2) is 0 Å². The smallest absolute Gasteiger partial charge is 0.121 e. The Morgan fingerprint density at radius 1 is 1.37 bits per heavy atom. The lowest BCUT2D eigenvalue weighted by Gasteiger charge is -2.25. The summed E-state index contributed by atoms with van der Waals surface area (Å²) in [5.41, 5.74) is 1.11. The largest absolute Gasteiger partial charge is 0.508 e. The fraction of sp³-hybridized carbons (Fsp3) is 0.571. The highest BCUT2D eigenvalue weighted by molar-refractivity contribution is 6.42. The third-order valence-corrected chi connectivity index (χ3v) is 5.08. The molecule has 1 aromatic carbocycles. The molecule has 1 aromatic rings.